The van der Waals surface area contributed by atoms with Crippen molar-refractivity contribution in [2.45, 2.75) is 13.0 Å². The highest BCUT2D eigenvalue weighted by atomic mass is 15.3. The summed E-state index contributed by atoms with van der Waals surface area (Å²) < 4.78 is 1.81. The molecule has 0 saturated carbocycles. The Morgan fingerprint density at radius 2 is 2.42 bits per heavy atom. The minimum Gasteiger partial charge on any atom is -0.329 e. The first-order valence-corrected chi connectivity index (χ1v) is 4.06. The van der Waals surface area contributed by atoms with Gasteiger partial charge in [0.2, 0.25) is 0 Å². The summed E-state index contributed by atoms with van der Waals surface area (Å²) >= 11 is 0. The molecule has 1 atom stereocenters. The number of rotatable bonds is 3. The molecule has 1 heterocycles. The third-order valence-corrected chi connectivity index (χ3v) is 2.01. The van der Waals surface area contributed by atoms with Gasteiger partial charge in [0, 0.05) is 31.4 Å². The van der Waals surface area contributed by atoms with Crippen molar-refractivity contribution in [1.29, 1.82) is 0 Å². The molecule has 1 aromatic heterocycles. The lowest BCUT2D eigenvalue weighted by atomic mass is 10.1. The Morgan fingerprint density at radius 3 is 2.75 bits per heavy atom. The molecule has 0 radical (unpaired) electrons. The number of likely N-dealkylation sites (N-methyl/N-ethyl adjacent to an activating group) is 1. The van der Waals surface area contributed by atoms with E-state index in [1.807, 2.05) is 31.9 Å². The van der Waals surface area contributed by atoms with Gasteiger partial charge in [-0.2, -0.15) is 5.10 Å². The van der Waals surface area contributed by atoms with Crippen LogP contribution in [0.5, 0.6) is 0 Å². The van der Waals surface area contributed by atoms with Crippen molar-refractivity contribution in [2.75, 3.05) is 13.6 Å². The topological polar surface area (TPSA) is 55.9 Å². The highest BCUT2D eigenvalue weighted by Crippen LogP contribution is 2.13. The Hall–Kier alpha value is -0.870. The molecule has 4 heteroatoms. The summed E-state index contributed by atoms with van der Waals surface area (Å²) in [4.78, 5) is 0. The summed E-state index contributed by atoms with van der Waals surface area (Å²) in [7, 11) is 3.82. The lowest BCUT2D eigenvalue weighted by Crippen LogP contribution is -2.25. The molecule has 0 aliphatic heterocycles. The van der Waals surface area contributed by atoms with Crippen LogP contribution in [0.4, 0.5) is 0 Å². The van der Waals surface area contributed by atoms with Crippen LogP contribution in [-0.4, -0.2) is 23.4 Å². The van der Waals surface area contributed by atoms with Crippen molar-refractivity contribution < 1.29 is 0 Å². The Labute approximate surface area is 72.8 Å². The van der Waals surface area contributed by atoms with Gasteiger partial charge in [0.05, 0.1) is 5.69 Å². The molecule has 0 amide bonds. The molecular weight excluding hydrogens is 152 g/mol. The normalized spacial score (nSPS) is 13.3. The van der Waals surface area contributed by atoms with Crippen LogP contribution in [0, 0.1) is 6.92 Å². The van der Waals surface area contributed by atoms with E-state index in [-0.39, 0.29) is 6.04 Å². The number of nitrogens with zero attached hydrogens (tertiary/aromatic N) is 2. The van der Waals surface area contributed by atoms with Gasteiger partial charge in [0.1, 0.15) is 0 Å². The van der Waals surface area contributed by atoms with Crippen LogP contribution in [0.1, 0.15) is 17.3 Å². The third-order valence-electron chi connectivity index (χ3n) is 2.01. The van der Waals surface area contributed by atoms with E-state index in [2.05, 4.69) is 10.4 Å². The number of aromatic nitrogens is 2. The lowest BCUT2D eigenvalue weighted by molar-refractivity contribution is 0.602. The smallest absolute Gasteiger partial charge is 0.0641 e. The Balaban J connectivity index is 2.91. The first kappa shape index (κ1) is 9.22. The van der Waals surface area contributed by atoms with Gasteiger partial charge in [-0.3, -0.25) is 4.68 Å². The van der Waals surface area contributed by atoms with Crippen molar-refractivity contribution in [1.82, 2.24) is 15.1 Å². The maximum absolute atomic E-state index is 5.59. The first-order chi connectivity index (χ1) is 5.69. The minimum absolute atomic E-state index is 0.221. The second-order valence-electron chi connectivity index (χ2n) is 2.92. The van der Waals surface area contributed by atoms with Crippen LogP contribution in [-0.2, 0) is 7.05 Å². The average Bonchev–Trinajstić information content (AvgIpc) is 2.34. The number of hydrogen-bond acceptors (Lipinski definition) is 3. The van der Waals surface area contributed by atoms with E-state index in [1.165, 1.54) is 5.56 Å². The first-order valence-electron chi connectivity index (χ1n) is 4.06. The fraction of sp³-hybridized carbons (Fsp3) is 0.625. The zero-order valence-corrected chi connectivity index (χ0v) is 7.83. The van der Waals surface area contributed by atoms with E-state index in [1.54, 1.807) is 0 Å². The fourth-order valence-electron chi connectivity index (χ4n) is 1.36. The second-order valence-corrected chi connectivity index (χ2v) is 2.92. The molecule has 3 N–H and O–H groups in total. The van der Waals surface area contributed by atoms with Gasteiger partial charge >= 0.3 is 0 Å². The van der Waals surface area contributed by atoms with Gasteiger partial charge in [-0.15, -0.1) is 0 Å². The molecular formula is C8H16N4. The maximum atomic E-state index is 5.59. The molecule has 1 aromatic rings. The molecule has 1 unspecified atom stereocenters. The van der Waals surface area contributed by atoms with Crippen molar-refractivity contribution >= 4 is 0 Å². The van der Waals surface area contributed by atoms with Crippen molar-refractivity contribution in [2.24, 2.45) is 12.8 Å². The summed E-state index contributed by atoms with van der Waals surface area (Å²) in [5.74, 6) is 0. The van der Waals surface area contributed by atoms with E-state index in [4.69, 9.17) is 5.73 Å². The summed E-state index contributed by atoms with van der Waals surface area (Å²) in [6.45, 7) is 2.60. The van der Waals surface area contributed by atoms with Crippen LogP contribution in [0.15, 0.2) is 6.20 Å². The van der Waals surface area contributed by atoms with E-state index >= 15 is 0 Å². The molecule has 0 aromatic carbocycles. The van der Waals surface area contributed by atoms with Gasteiger partial charge < -0.3 is 11.1 Å². The summed E-state index contributed by atoms with van der Waals surface area (Å²) in [5, 5.41) is 7.39. The zero-order chi connectivity index (χ0) is 9.14. The van der Waals surface area contributed by atoms with Crippen molar-refractivity contribution in [3.63, 3.8) is 0 Å². The summed E-state index contributed by atoms with van der Waals surface area (Å²) in [6, 6.07) is 0.221. The maximum Gasteiger partial charge on any atom is 0.0641 e. The highest BCUT2D eigenvalue weighted by molar-refractivity contribution is 5.20. The second kappa shape index (κ2) is 3.69. The highest BCUT2D eigenvalue weighted by Gasteiger charge is 2.11. The minimum atomic E-state index is 0.221. The molecule has 12 heavy (non-hydrogen) atoms. The van der Waals surface area contributed by atoms with Crippen molar-refractivity contribution in [3.8, 4) is 0 Å². The predicted molar refractivity (Wildman–Crippen MR) is 48.8 cm³/mol. The SMILES string of the molecule is CNC(CN)c1cn(C)nc1C. The van der Waals surface area contributed by atoms with Gasteiger partial charge in [-0.05, 0) is 14.0 Å². The van der Waals surface area contributed by atoms with Crippen LogP contribution in [0.3, 0.4) is 0 Å². The largest absolute Gasteiger partial charge is 0.329 e. The van der Waals surface area contributed by atoms with Crippen LogP contribution in [0.25, 0.3) is 0 Å². The van der Waals surface area contributed by atoms with Crippen LogP contribution < -0.4 is 11.1 Å². The van der Waals surface area contributed by atoms with Gasteiger partial charge in [0.15, 0.2) is 0 Å². The molecule has 0 saturated heterocycles. The molecule has 4 nitrogen and oxygen atoms in total. The van der Waals surface area contributed by atoms with Gasteiger partial charge in [0.25, 0.3) is 0 Å². The van der Waals surface area contributed by atoms with E-state index in [0.717, 1.165) is 5.69 Å². The van der Waals surface area contributed by atoms with Gasteiger partial charge in [-0.1, -0.05) is 0 Å². The van der Waals surface area contributed by atoms with Crippen molar-refractivity contribution in [3.05, 3.63) is 17.5 Å². The number of hydrogen-bond donors (Lipinski definition) is 2. The van der Waals surface area contributed by atoms with E-state index in [0.29, 0.717) is 6.54 Å². The molecule has 0 aliphatic rings. The number of aryl methyl sites for hydroxylation is 2. The van der Waals surface area contributed by atoms with Crippen LogP contribution in [0.2, 0.25) is 0 Å². The van der Waals surface area contributed by atoms with E-state index in [9.17, 15) is 0 Å². The Kier molecular flexibility index (Phi) is 2.83. The molecule has 1 rings (SSSR count). The predicted octanol–water partition coefficient (Wildman–Crippen LogP) is -0.0523. The Bertz CT molecular complexity index is 250. The number of nitrogens with one attached hydrogen (secondary N) is 1. The van der Waals surface area contributed by atoms with E-state index < -0.39 is 0 Å². The third kappa shape index (κ3) is 1.65. The standard InChI is InChI=1S/C8H16N4/c1-6-7(5-12(3)11-6)8(4-9)10-2/h5,8,10H,4,9H2,1-3H3. The molecule has 0 aliphatic carbocycles. The number of nitrogens with two attached hydrogens (primary N) is 1. The summed E-state index contributed by atoms with van der Waals surface area (Å²) in [6.07, 6.45) is 2.00. The zero-order valence-electron chi connectivity index (χ0n) is 7.83. The molecule has 0 fully saturated rings. The van der Waals surface area contributed by atoms with Crippen LogP contribution >= 0.6 is 0 Å². The fourth-order valence-corrected chi connectivity index (χ4v) is 1.36. The Morgan fingerprint density at radius 1 is 1.75 bits per heavy atom. The molecule has 0 bridgehead atoms. The molecule has 0 spiro atoms. The molecule has 68 valence electrons. The quantitative estimate of drug-likeness (QED) is 0.665. The lowest BCUT2D eigenvalue weighted by Gasteiger charge is -2.11. The average molecular weight is 168 g/mol. The summed E-state index contributed by atoms with van der Waals surface area (Å²) in [5.41, 5.74) is 7.82. The van der Waals surface area contributed by atoms with Gasteiger partial charge in [-0.25, -0.2) is 0 Å². The monoisotopic (exact) mass is 168 g/mol.